The van der Waals surface area contributed by atoms with E-state index in [1.807, 2.05) is 32.2 Å². The van der Waals surface area contributed by atoms with E-state index in [4.69, 9.17) is 9.47 Å². The highest BCUT2D eigenvalue weighted by atomic mass is 32.1. The smallest absolute Gasteiger partial charge is 0.410 e. The van der Waals surface area contributed by atoms with Crippen molar-refractivity contribution >= 4 is 17.4 Å². The first kappa shape index (κ1) is 13.2. The van der Waals surface area contributed by atoms with Crippen LogP contribution in [0.15, 0.2) is 11.4 Å². The van der Waals surface area contributed by atoms with E-state index in [1.165, 1.54) is 4.88 Å². The average Bonchev–Trinajstić information content (AvgIpc) is 2.72. The van der Waals surface area contributed by atoms with Crippen LogP contribution in [0, 0.1) is 0 Å². The van der Waals surface area contributed by atoms with Gasteiger partial charge < -0.3 is 14.4 Å². The van der Waals surface area contributed by atoms with Gasteiger partial charge in [0.25, 0.3) is 0 Å². The van der Waals surface area contributed by atoms with Gasteiger partial charge in [-0.25, -0.2) is 4.79 Å². The Balaban J connectivity index is 1.99. The second kappa shape index (κ2) is 4.80. The molecule has 0 N–H and O–H groups in total. The third-order valence-electron chi connectivity index (χ3n) is 2.79. The number of ether oxygens (including phenoxy) is 2. The van der Waals surface area contributed by atoms with Crippen molar-refractivity contribution in [1.29, 1.82) is 0 Å². The van der Waals surface area contributed by atoms with E-state index in [1.54, 1.807) is 23.3 Å². The molecule has 2 rings (SSSR count). The van der Waals surface area contributed by atoms with E-state index in [2.05, 4.69) is 0 Å². The lowest BCUT2D eigenvalue weighted by Gasteiger charge is -2.32. The second-order valence-corrected chi connectivity index (χ2v) is 6.47. The van der Waals surface area contributed by atoms with Crippen LogP contribution in [0.3, 0.4) is 0 Å². The zero-order valence-corrected chi connectivity index (χ0v) is 12.0. The quantitative estimate of drug-likeness (QED) is 0.787. The van der Waals surface area contributed by atoms with Gasteiger partial charge in [-0.1, -0.05) is 0 Å². The number of amides is 1. The molecule has 1 aromatic rings. The molecule has 1 aliphatic rings. The Morgan fingerprint density at radius 3 is 2.94 bits per heavy atom. The van der Waals surface area contributed by atoms with Crippen LogP contribution in [-0.4, -0.2) is 36.3 Å². The third-order valence-corrected chi connectivity index (χ3v) is 3.71. The molecule has 1 atom stereocenters. The first-order chi connectivity index (χ1) is 8.37. The molecule has 0 spiro atoms. The highest BCUT2D eigenvalue weighted by Gasteiger charge is 2.29. The average molecular weight is 269 g/mol. The van der Waals surface area contributed by atoms with E-state index in [0.717, 1.165) is 12.2 Å². The van der Waals surface area contributed by atoms with Gasteiger partial charge >= 0.3 is 6.09 Å². The van der Waals surface area contributed by atoms with Crippen LogP contribution < -0.4 is 4.74 Å². The Morgan fingerprint density at radius 2 is 2.28 bits per heavy atom. The molecule has 1 aliphatic heterocycles. The van der Waals surface area contributed by atoms with Crippen molar-refractivity contribution < 1.29 is 14.3 Å². The van der Waals surface area contributed by atoms with Crippen molar-refractivity contribution in [2.45, 2.75) is 38.8 Å². The number of thiophene rings is 1. The lowest BCUT2D eigenvalue weighted by Crippen LogP contribution is -2.45. The summed E-state index contributed by atoms with van der Waals surface area (Å²) >= 11 is 1.67. The standard InChI is InChI=1S/C13H19NO3S/c1-13(2,3)17-12(15)14(4)9-7-11-10(16-8-9)5-6-18-11/h5-6,9H,7-8H2,1-4H3/t9-/m1/s1. The monoisotopic (exact) mass is 269 g/mol. The Bertz CT molecular complexity index is 436. The summed E-state index contributed by atoms with van der Waals surface area (Å²) in [4.78, 5) is 14.8. The molecule has 0 saturated heterocycles. The zero-order valence-electron chi connectivity index (χ0n) is 11.2. The minimum absolute atomic E-state index is 0.0472. The number of likely N-dealkylation sites (N-methyl/N-ethyl adjacent to an activating group) is 1. The summed E-state index contributed by atoms with van der Waals surface area (Å²) in [5.41, 5.74) is -0.463. The second-order valence-electron chi connectivity index (χ2n) is 5.47. The lowest BCUT2D eigenvalue weighted by molar-refractivity contribution is 0.0161. The predicted octanol–water partition coefficient (Wildman–Crippen LogP) is 2.92. The van der Waals surface area contributed by atoms with Crippen molar-refractivity contribution in [2.75, 3.05) is 13.7 Å². The normalized spacial score (nSPS) is 18.8. The summed E-state index contributed by atoms with van der Waals surface area (Å²) < 4.78 is 11.0. The maximum Gasteiger partial charge on any atom is 0.410 e. The molecular formula is C13H19NO3S. The fraction of sp³-hybridized carbons (Fsp3) is 0.615. The third kappa shape index (κ3) is 2.96. The van der Waals surface area contributed by atoms with Gasteiger partial charge in [-0.2, -0.15) is 0 Å². The summed E-state index contributed by atoms with van der Waals surface area (Å²) in [6.45, 7) is 6.13. The van der Waals surface area contributed by atoms with E-state index in [9.17, 15) is 4.79 Å². The SMILES string of the molecule is CN(C(=O)OC(C)(C)C)[C@H]1COc2ccsc2C1. The first-order valence-electron chi connectivity index (χ1n) is 6.02. The van der Waals surface area contributed by atoms with Gasteiger partial charge in [-0.3, -0.25) is 0 Å². The Labute approximate surface area is 111 Å². The molecule has 0 bridgehead atoms. The molecular weight excluding hydrogens is 250 g/mol. The van der Waals surface area contributed by atoms with Crippen molar-refractivity contribution in [3.8, 4) is 5.75 Å². The van der Waals surface area contributed by atoms with E-state index < -0.39 is 5.60 Å². The van der Waals surface area contributed by atoms with Gasteiger partial charge in [0.1, 0.15) is 18.0 Å². The van der Waals surface area contributed by atoms with E-state index in [-0.39, 0.29) is 12.1 Å². The summed E-state index contributed by atoms with van der Waals surface area (Å²) in [6.07, 6.45) is 0.541. The van der Waals surface area contributed by atoms with Gasteiger partial charge in [0.05, 0.1) is 6.04 Å². The highest BCUT2D eigenvalue weighted by Crippen LogP contribution is 2.31. The maximum absolute atomic E-state index is 12.0. The summed E-state index contributed by atoms with van der Waals surface area (Å²) in [6, 6.07) is 2.02. The molecule has 100 valence electrons. The Hall–Kier alpha value is -1.23. The van der Waals surface area contributed by atoms with Crippen molar-refractivity contribution in [1.82, 2.24) is 4.90 Å². The van der Waals surface area contributed by atoms with Crippen LogP contribution in [0.5, 0.6) is 5.75 Å². The number of carbonyl (C=O) groups excluding carboxylic acids is 1. The predicted molar refractivity (Wildman–Crippen MR) is 71.3 cm³/mol. The topological polar surface area (TPSA) is 38.8 Å². The largest absolute Gasteiger partial charge is 0.490 e. The summed E-state index contributed by atoms with van der Waals surface area (Å²) in [7, 11) is 1.76. The number of rotatable bonds is 1. The van der Waals surface area contributed by atoms with Crippen LogP contribution in [0.1, 0.15) is 25.6 Å². The molecule has 0 saturated carbocycles. The van der Waals surface area contributed by atoms with E-state index in [0.29, 0.717) is 6.61 Å². The number of carbonyl (C=O) groups is 1. The van der Waals surface area contributed by atoms with Gasteiger partial charge in [-0.05, 0) is 32.2 Å². The van der Waals surface area contributed by atoms with Crippen molar-refractivity contribution in [3.05, 3.63) is 16.3 Å². The molecule has 18 heavy (non-hydrogen) atoms. The summed E-state index contributed by atoms with van der Waals surface area (Å²) in [5.74, 6) is 0.953. The fourth-order valence-electron chi connectivity index (χ4n) is 1.80. The Morgan fingerprint density at radius 1 is 1.56 bits per heavy atom. The summed E-state index contributed by atoms with van der Waals surface area (Å²) in [5, 5.41) is 2.01. The van der Waals surface area contributed by atoms with Crippen molar-refractivity contribution in [3.63, 3.8) is 0 Å². The molecule has 0 unspecified atom stereocenters. The maximum atomic E-state index is 12.0. The molecule has 0 radical (unpaired) electrons. The van der Waals surface area contributed by atoms with Crippen LogP contribution in [0.2, 0.25) is 0 Å². The molecule has 2 heterocycles. The van der Waals surface area contributed by atoms with Gasteiger partial charge in [-0.15, -0.1) is 11.3 Å². The molecule has 1 amide bonds. The van der Waals surface area contributed by atoms with Crippen molar-refractivity contribution in [2.24, 2.45) is 0 Å². The van der Waals surface area contributed by atoms with Gasteiger partial charge in [0.15, 0.2) is 0 Å². The Kier molecular flexibility index (Phi) is 3.52. The molecule has 0 aromatic carbocycles. The highest BCUT2D eigenvalue weighted by molar-refractivity contribution is 7.10. The number of fused-ring (bicyclic) bond motifs is 1. The number of hydrogen-bond donors (Lipinski definition) is 0. The lowest BCUT2D eigenvalue weighted by atomic mass is 10.1. The van der Waals surface area contributed by atoms with Crippen LogP contribution in [-0.2, 0) is 11.2 Å². The molecule has 4 nitrogen and oxygen atoms in total. The number of hydrogen-bond acceptors (Lipinski definition) is 4. The minimum Gasteiger partial charge on any atom is -0.490 e. The molecule has 0 aliphatic carbocycles. The molecule has 1 aromatic heterocycles. The first-order valence-corrected chi connectivity index (χ1v) is 6.90. The zero-order chi connectivity index (χ0) is 13.3. The van der Waals surface area contributed by atoms with E-state index >= 15 is 0 Å². The molecule has 5 heteroatoms. The van der Waals surface area contributed by atoms with Gasteiger partial charge in [0.2, 0.25) is 0 Å². The fourth-order valence-corrected chi connectivity index (χ4v) is 2.68. The molecule has 0 fully saturated rings. The van der Waals surface area contributed by atoms with Gasteiger partial charge in [0, 0.05) is 18.3 Å². The van der Waals surface area contributed by atoms with Crippen LogP contribution >= 0.6 is 11.3 Å². The van der Waals surface area contributed by atoms with Crippen LogP contribution in [0.4, 0.5) is 4.79 Å². The minimum atomic E-state index is -0.463. The van der Waals surface area contributed by atoms with Crippen LogP contribution in [0.25, 0.3) is 0 Å². The number of nitrogens with zero attached hydrogens (tertiary/aromatic N) is 1.